The van der Waals surface area contributed by atoms with Crippen molar-refractivity contribution >= 4 is 76.6 Å². The molecule has 2 aliphatic carbocycles. The molecule has 2 aliphatic rings. The number of fused-ring (bicyclic) bond motifs is 11. The number of para-hydroxylation sites is 1. The van der Waals surface area contributed by atoms with Crippen LogP contribution in [0.3, 0.4) is 0 Å². The van der Waals surface area contributed by atoms with Gasteiger partial charge in [0.2, 0.25) is 0 Å². The third-order valence-electron chi connectivity index (χ3n) is 12.7. The molecule has 10 aromatic rings. The first-order chi connectivity index (χ1) is 28.5. The molecule has 0 aliphatic heterocycles. The minimum atomic E-state index is -0.0652. The van der Waals surface area contributed by atoms with Crippen LogP contribution in [0, 0.1) is 0 Å². The van der Waals surface area contributed by atoms with Crippen LogP contribution >= 0.6 is 11.3 Å². The lowest BCUT2D eigenvalue weighted by Crippen LogP contribution is -2.15. The van der Waals surface area contributed by atoms with Gasteiger partial charge in [-0.15, -0.1) is 11.3 Å². The highest BCUT2D eigenvalue weighted by atomic mass is 32.1. The number of thiophene rings is 1. The normalized spacial score (nSPS) is 14.0. The Morgan fingerprint density at radius 1 is 0.517 bits per heavy atom. The molecule has 8 aromatic carbocycles. The highest BCUT2D eigenvalue weighted by Gasteiger charge is 2.35. The zero-order valence-corrected chi connectivity index (χ0v) is 33.2. The molecule has 2 heterocycles. The Labute approximate surface area is 341 Å². The van der Waals surface area contributed by atoms with E-state index in [1.807, 2.05) is 11.3 Å². The Kier molecular flexibility index (Phi) is 7.30. The summed E-state index contributed by atoms with van der Waals surface area (Å²) >= 11 is 1.85. The van der Waals surface area contributed by atoms with Gasteiger partial charge < -0.3 is 9.32 Å². The number of hydrogen-bond acceptors (Lipinski definition) is 3. The van der Waals surface area contributed by atoms with Crippen molar-refractivity contribution in [2.24, 2.45) is 0 Å². The van der Waals surface area contributed by atoms with Crippen molar-refractivity contribution in [2.75, 3.05) is 4.90 Å². The number of hydrogen-bond donors (Lipinski definition) is 0. The fraction of sp³-hybridized carbons (Fsp3) is 0.0909. The van der Waals surface area contributed by atoms with Gasteiger partial charge in [-0.05, 0) is 118 Å². The van der Waals surface area contributed by atoms with Crippen LogP contribution in [0.15, 0.2) is 174 Å². The van der Waals surface area contributed by atoms with E-state index < -0.39 is 0 Å². The highest BCUT2D eigenvalue weighted by molar-refractivity contribution is 7.25. The van der Waals surface area contributed by atoms with E-state index >= 15 is 0 Å². The first-order valence-corrected chi connectivity index (χ1v) is 21.1. The van der Waals surface area contributed by atoms with Crippen molar-refractivity contribution in [2.45, 2.75) is 32.1 Å². The fourth-order valence-electron chi connectivity index (χ4n) is 9.87. The molecule has 58 heavy (non-hydrogen) atoms. The molecule has 0 fully saturated rings. The minimum Gasteiger partial charge on any atom is -0.453 e. The van der Waals surface area contributed by atoms with Crippen LogP contribution in [-0.2, 0) is 11.8 Å². The molecule has 0 N–H and O–H groups in total. The molecule has 0 unspecified atom stereocenters. The Balaban J connectivity index is 1.07. The molecule has 2 nitrogen and oxygen atoms in total. The van der Waals surface area contributed by atoms with Crippen LogP contribution in [0.1, 0.15) is 42.5 Å². The van der Waals surface area contributed by atoms with E-state index in [4.69, 9.17) is 4.42 Å². The van der Waals surface area contributed by atoms with E-state index in [2.05, 4.69) is 195 Å². The van der Waals surface area contributed by atoms with Gasteiger partial charge in [0.25, 0.3) is 0 Å². The third-order valence-corrected chi connectivity index (χ3v) is 13.9. The maximum atomic E-state index is 7.19. The van der Waals surface area contributed by atoms with Crippen LogP contribution in [0.25, 0.3) is 81.6 Å². The maximum Gasteiger partial charge on any atom is 0.159 e. The van der Waals surface area contributed by atoms with Crippen LogP contribution < -0.4 is 4.90 Å². The van der Waals surface area contributed by atoms with Crippen LogP contribution in [0.4, 0.5) is 17.1 Å². The van der Waals surface area contributed by atoms with Crippen molar-refractivity contribution in [3.63, 3.8) is 0 Å². The largest absolute Gasteiger partial charge is 0.453 e. The summed E-state index contributed by atoms with van der Waals surface area (Å²) in [6, 6.07) is 60.3. The van der Waals surface area contributed by atoms with Gasteiger partial charge in [0, 0.05) is 53.3 Å². The summed E-state index contributed by atoms with van der Waals surface area (Å²) in [4.78, 5) is 2.38. The first-order valence-electron chi connectivity index (χ1n) is 20.3. The van der Waals surface area contributed by atoms with E-state index in [0.29, 0.717) is 0 Å². The monoisotopic (exact) mass is 761 g/mol. The predicted octanol–water partition coefficient (Wildman–Crippen LogP) is 16.0. The Morgan fingerprint density at radius 2 is 1.24 bits per heavy atom. The lowest BCUT2D eigenvalue weighted by Gasteiger charge is -2.26. The second-order valence-electron chi connectivity index (χ2n) is 16.3. The number of furan rings is 1. The standard InChI is InChI=1S/C55H39NOS/c1-55(2)48-20-10-8-16-40(48)41-29-25-36(31-49(41)55)45-33-47-44-19-12-21-50(54(44)57-53(47)43-18-7-6-15-39(43)45)56(37-26-23-35(24-27-37)34-13-4-3-5-14-34)38-28-30-52-46(32-38)42-17-9-11-22-51(42)58-52/h3-5,7-14,16-33H,6,15H2,1-2H3. The molecule has 2 aromatic heterocycles. The van der Waals surface area contributed by atoms with E-state index in [1.165, 1.54) is 75.8 Å². The molecule has 0 spiro atoms. The van der Waals surface area contributed by atoms with Crippen molar-refractivity contribution in [1.82, 2.24) is 0 Å². The molecule has 3 heteroatoms. The zero-order valence-electron chi connectivity index (χ0n) is 32.4. The van der Waals surface area contributed by atoms with E-state index in [9.17, 15) is 0 Å². The number of benzene rings is 8. The summed E-state index contributed by atoms with van der Waals surface area (Å²) in [6.45, 7) is 4.74. The van der Waals surface area contributed by atoms with E-state index in [-0.39, 0.29) is 5.41 Å². The van der Waals surface area contributed by atoms with E-state index in [1.54, 1.807) is 0 Å². The average Bonchev–Trinajstić information content (AvgIpc) is 3.92. The second-order valence-corrected chi connectivity index (χ2v) is 17.4. The molecule has 0 amide bonds. The molecule has 0 saturated carbocycles. The fourth-order valence-corrected chi connectivity index (χ4v) is 11.0. The van der Waals surface area contributed by atoms with Gasteiger partial charge in [-0.2, -0.15) is 0 Å². The lowest BCUT2D eigenvalue weighted by atomic mass is 9.80. The summed E-state index contributed by atoms with van der Waals surface area (Å²) in [5.41, 5.74) is 18.0. The summed E-state index contributed by atoms with van der Waals surface area (Å²) in [5, 5.41) is 4.83. The zero-order chi connectivity index (χ0) is 38.5. The number of anilines is 3. The Morgan fingerprint density at radius 3 is 2.14 bits per heavy atom. The summed E-state index contributed by atoms with van der Waals surface area (Å²) in [5.74, 6) is 0. The van der Waals surface area contributed by atoms with Gasteiger partial charge >= 0.3 is 0 Å². The molecule has 0 bridgehead atoms. The number of allylic oxidation sites excluding steroid dienone is 1. The van der Waals surface area contributed by atoms with Gasteiger partial charge in [-0.3, -0.25) is 0 Å². The first kappa shape index (κ1) is 33.5. The summed E-state index contributed by atoms with van der Waals surface area (Å²) in [7, 11) is 0. The van der Waals surface area contributed by atoms with Crippen molar-refractivity contribution in [3.05, 3.63) is 192 Å². The molecule has 0 atom stereocenters. The quantitative estimate of drug-likeness (QED) is 0.174. The van der Waals surface area contributed by atoms with Gasteiger partial charge in [-0.25, -0.2) is 0 Å². The van der Waals surface area contributed by atoms with Crippen molar-refractivity contribution in [1.29, 1.82) is 0 Å². The molecule has 0 radical (unpaired) electrons. The molecule has 0 saturated heterocycles. The SMILES string of the molecule is CC1(C)c2ccccc2-c2ccc(-c3cc4c(oc5c(N(c6ccc(-c7ccccc7)cc6)c6ccc7sc8ccccc8c7c6)cccc54)c4c3CCC=C4)cc21. The Bertz CT molecular complexity index is 3310. The molecular weight excluding hydrogens is 723 g/mol. The lowest BCUT2D eigenvalue weighted by molar-refractivity contribution is 0.660. The summed E-state index contributed by atoms with van der Waals surface area (Å²) < 4.78 is 9.78. The second kappa shape index (κ2) is 12.7. The van der Waals surface area contributed by atoms with Crippen molar-refractivity contribution in [3.8, 4) is 33.4 Å². The van der Waals surface area contributed by atoms with Crippen LogP contribution in [0.5, 0.6) is 0 Å². The van der Waals surface area contributed by atoms with Crippen LogP contribution in [-0.4, -0.2) is 0 Å². The van der Waals surface area contributed by atoms with Crippen LogP contribution in [0.2, 0.25) is 0 Å². The van der Waals surface area contributed by atoms with Gasteiger partial charge in [0.15, 0.2) is 5.58 Å². The van der Waals surface area contributed by atoms with Gasteiger partial charge in [-0.1, -0.05) is 135 Å². The smallest absolute Gasteiger partial charge is 0.159 e. The van der Waals surface area contributed by atoms with Crippen molar-refractivity contribution < 1.29 is 4.42 Å². The van der Waals surface area contributed by atoms with Gasteiger partial charge in [0.1, 0.15) is 5.58 Å². The third kappa shape index (κ3) is 4.96. The van der Waals surface area contributed by atoms with Gasteiger partial charge in [0.05, 0.1) is 5.69 Å². The summed E-state index contributed by atoms with van der Waals surface area (Å²) in [6.07, 6.45) is 6.61. The predicted molar refractivity (Wildman–Crippen MR) is 247 cm³/mol. The average molecular weight is 762 g/mol. The molecule has 276 valence electrons. The van der Waals surface area contributed by atoms with E-state index in [0.717, 1.165) is 51.8 Å². The Hall–Kier alpha value is -6.68. The highest BCUT2D eigenvalue weighted by Crippen LogP contribution is 2.51. The number of nitrogens with zero attached hydrogens (tertiary/aromatic N) is 1. The number of rotatable bonds is 5. The molecular formula is C55H39NOS. The maximum absolute atomic E-state index is 7.19. The topological polar surface area (TPSA) is 16.4 Å². The molecule has 12 rings (SSSR count). The minimum absolute atomic E-state index is 0.0652.